The van der Waals surface area contributed by atoms with E-state index in [1.165, 1.54) is 35.7 Å². The largest absolute Gasteiger partial charge is 0.328 e. The lowest BCUT2D eigenvalue weighted by Crippen LogP contribution is -2.41. The van der Waals surface area contributed by atoms with Gasteiger partial charge in [-0.2, -0.15) is 0 Å². The van der Waals surface area contributed by atoms with Crippen LogP contribution in [0.1, 0.15) is 25.3 Å². The zero-order valence-electron chi connectivity index (χ0n) is 12.7. The van der Waals surface area contributed by atoms with Gasteiger partial charge in [0.2, 0.25) is 0 Å². The van der Waals surface area contributed by atoms with Crippen molar-refractivity contribution in [3.05, 3.63) is 48.0 Å². The van der Waals surface area contributed by atoms with E-state index in [2.05, 4.69) is 54.3 Å². The molecule has 0 saturated carbocycles. The molecule has 0 aromatic heterocycles. The Morgan fingerprint density at radius 2 is 1.95 bits per heavy atom. The summed E-state index contributed by atoms with van der Waals surface area (Å²) in [6.45, 7) is 5.53. The van der Waals surface area contributed by atoms with Crippen LogP contribution in [0.3, 0.4) is 0 Å². The van der Waals surface area contributed by atoms with Gasteiger partial charge < -0.3 is 5.73 Å². The number of hydrogen-bond donors (Lipinski definition) is 1. The van der Waals surface area contributed by atoms with E-state index in [1.807, 2.05) is 0 Å². The van der Waals surface area contributed by atoms with E-state index in [9.17, 15) is 0 Å². The first kappa shape index (κ1) is 16.3. The highest BCUT2D eigenvalue weighted by molar-refractivity contribution is 5.85. The van der Waals surface area contributed by atoms with Crippen molar-refractivity contribution < 1.29 is 0 Å². The Bertz CT molecular complexity index is 577. The van der Waals surface area contributed by atoms with Crippen molar-refractivity contribution in [1.82, 2.24) is 4.90 Å². The molecule has 2 aromatic rings. The third kappa shape index (κ3) is 3.76. The van der Waals surface area contributed by atoms with Gasteiger partial charge in [0.15, 0.2) is 0 Å². The highest BCUT2D eigenvalue weighted by Gasteiger charge is 2.22. The first-order valence-corrected chi connectivity index (χ1v) is 7.68. The summed E-state index contributed by atoms with van der Waals surface area (Å²) < 4.78 is 0. The molecule has 2 aromatic carbocycles. The summed E-state index contributed by atoms with van der Waals surface area (Å²) >= 11 is 0. The van der Waals surface area contributed by atoms with Crippen LogP contribution < -0.4 is 5.73 Å². The van der Waals surface area contributed by atoms with Gasteiger partial charge in [-0.3, -0.25) is 4.90 Å². The van der Waals surface area contributed by atoms with Crippen LogP contribution in [0.25, 0.3) is 10.8 Å². The third-order valence-electron chi connectivity index (χ3n) is 4.56. The van der Waals surface area contributed by atoms with E-state index in [0.717, 1.165) is 13.1 Å². The lowest BCUT2D eigenvalue weighted by molar-refractivity contribution is 0.155. The first-order chi connectivity index (χ1) is 9.74. The topological polar surface area (TPSA) is 29.3 Å². The Hall–Kier alpha value is -1.09. The van der Waals surface area contributed by atoms with E-state index in [4.69, 9.17) is 5.73 Å². The summed E-state index contributed by atoms with van der Waals surface area (Å²) in [6.07, 6.45) is 2.56. The molecule has 0 amide bonds. The number of hydrogen-bond acceptors (Lipinski definition) is 2. The monoisotopic (exact) mass is 304 g/mol. The maximum Gasteiger partial charge on any atom is 0.0240 e. The average molecular weight is 305 g/mol. The molecule has 0 aliphatic carbocycles. The molecule has 2 unspecified atom stereocenters. The van der Waals surface area contributed by atoms with E-state index >= 15 is 0 Å². The van der Waals surface area contributed by atoms with Crippen molar-refractivity contribution in [3.8, 4) is 0 Å². The SMILES string of the molecule is CC(N)C1CCCN(Cc2cccc3ccccc23)C1.Cl. The fraction of sp³-hybridized carbons (Fsp3) is 0.444. The van der Waals surface area contributed by atoms with Gasteiger partial charge in [-0.25, -0.2) is 0 Å². The van der Waals surface area contributed by atoms with Crippen molar-refractivity contribution in [2.45, 2.75) is 32.4 Å². The lowest BCUT2D eigenvalue weighted by Gasteiger charge is -2.34. The quantitative estimate of drug-likeness (QED) is 0.934. The predicted octanol–water partition coefficient (Wildman–Crippen LogP) is 3.82. The number of piperidine rings is 1. The van der Waals surface area contributed by atoms with E-state index < -0.39 is 0 Å². The van der Waals surface area contributed by atoms with Crippen LogP contribution in [0, 0.1) is 5.92 Å². The second kappa shape index (κ2) is 7.26. The molecule has 0 spiro atoms. The number of halogens is 1. The van der Waals surface area contributed by atoms with Crippen molar-refractivity contribution in [1.29, 1.82) is 0 Å². The lowest BCUT2D eigenvalue weighted by atomic mass is 9.91. The molecule has 0 radical (unpaired) electrons. The van der Waals surface area contributed by atoms with E-state index in [1.54, 1.807) is 0 Å². The minimum absolute atomic E-state index is 0. The van der Waals surface area contributed by atoms with Gasteiger partial charge in [0.1, 0.15) is 0 Å². The highest BCUT2D eigenvalue weighted by Crippen LogP contribution is 2.24. The Labute approximate surface area is 133 Å². The van der Waals surface area contributed by atoms with E-state index in [0.29, 0.717) is 12.0 Å². The highest BCUT2D eigenvalue weighted by atomic mass is 35.5. The molecule has 1 aliphatic rings. The van der Waals surface area contributed by atoms with Gasteiger partial charge in [-0.1, -0.05) is 42.5 Å². The minimum atomic E-state index is 0. The Morgan fingerprint density at radius 3 is 2.76 bits per heavy atom. The second-order valence-electron chi connectivity index (χ2n) is 6.13. The van der Waals surface area contributed by atoms with Crippen molar-refractivity contribution in [2.75, 3.05) is 13.1 Å². The van der Waals surface area contributed by atoms with Crippen LogP contribution in [-0.4, -0.2) is 24.0 Å². The number of rotatable bonds is 3. The Morgan fingerprint density at radius 1 is 1.19 bits per heavy atom. The molecule has 2 nitrogen and oxygen atoms in total. The Kier molecular flexibility index (Phi) is 5.63. The number of nitrogens with two attached hydrogens (primary N) is 1. The molecule has 3 heteroatoms. The van der Waals surface area contributed by atoms with E-state index in [-0.39, 0.29) is 12.4 Å². The molecule has 1 aliphatic heterocycles. The standard InChI is InChI=1S/C18H24N2.ClH/c1-14(19)16-9-5-11-20(12-16)13-17-8-4-7-15-6-2-3-10-18(15)17;/h2-4,6-8,10,14,16H,5,9,11-13,19H2,1H3;1H. The molecule has 1 saturated heterocycles. The third-order valence-corrected chi connectivity index (χ3v) is 4.56. The van der Waals surface area contributed by atoms with Crippen LogP contribution in [0.5, 0.6) is 0 Å². The van der Waals surface area contributed by atoms with Crippen molar-refractivity contribution in [3.63, 3.8) is 0 Å². The number of likely N-dealkylation sites (tertiary alicyclic amines) is 1. The molecule has 2 N–H and O–H groups in total. The summed E-state index contributed by atoms with van der Waals surface area (Å²) in [6, 6.07) is 15.6. The molecule has 1 heterocycles. The molecular formula is C18H25ClN2. The number of benzene rings is 2. The predicted molar refractivity (Wildman–Crippen MR) is 92.8 cm³/mol. The molecule has 3 rings (SSSR count). The zero-order chi connectivity index (χ0) is 13.9. The smallest absolute Gasteiger partial charge is 0.0240 e. The summed E-state index contributed by atoms with van der Waals surface area (Å²) in [5, 5.41) is 2.73. The van der Waals surface area contributed by atoms with Gasteiger partial charge >= 0.3 is 0 Å². The maximum absolute atomic E-state index is 6.09. The second-order valence-corrected chi connectivity index (χ2v) is 6.13. The fourth-order valence-corrected chi connectivity index (χ4v) is 3.34. The first-order valence-electron chi connectivity index (χ1n) is 7.68. The summed E-state index contributed by atoms with van der Waals surface area (Å²) in [5.74, 6) is 0.652. The van der Waals surface area contributed by atoms with Crippen molar-refractivity contribution in [2.24, 2.45) is 11.7 Å². The summed E-state index contributed by atoms with van der Waals surface area (Å²) in [5.41, 5.74) is 7.52. The molecule has 0 bridgehead atoms. The van der Waals surface area contributed by atoms with Crippen LogP contribution in [0.2, 0.25) is 0 Å². The Balaban J connectivity index is 0.00000161. The van der Waals surface area contributed by atoms with Crippen LogP contribution in [0.15, 0.2) is 42.5 Å². The van der Waals surface area contributed by atoms with Gasteiger partial charge in [-0.15, -0.1) is 12.4 Å². The van der Waals surface area contributed by atoms with Gasteiger partial charge in [-0.05, 0) is 48.6 Å². The van der Waals surface area contributed by atoms with Crippen LogP contribution in [-0.2, 0) is 6.54 Å². The maximum atomic E-state index is 6.09. The minimum Gasteiger partial charge on any atom is -0.328 e. The normalized spacial score (nSPS) is 21.0. The van der Waals surface area contributed by atoms with Gasteiger partial charge in [0.25, 0.3) is 0 Å². The number of nitrogens with zero attached hydrogens (tertiary/aromatic N) is 1. The van der Waals surface area contributed by atoms with Gasteiger partial charge in [0, 0.05) is 19.1 Å². The average Bonchev–Trinajstić information content (AvgIpc) is 2.48. The zero-order valence-corrected chi connectivity index (χ0v) is 13.5. The molecule has 2 atom stereocenters. The van der Waals surface area contributed by atoms with Crippen LogP contribution in [0.4, 0.5) is 0 Å². The molecular weight excluding hydrogens is 280 g/mol. The van der Waals surface area contributed by atoms with Crippen LogP contribution >= 0.6 is 12.4 Å². The molecule has 114 valence electrons. The molecule has 1 fully saturated rings. The van der Waals surface area contributed by atoms with Gasteiger partial charge in [0.05, 0.1) is 0 Å². The number of fused-ring (bicyclic) bond motifs is 1. The summed E-state index contributed by atoms with van der Waals surface area (Å²) in [4.78, 5) is 2.57. The summed E-state index contributed by atoms with van der Waals surface area (Å²) in [7, 11) is 0. The van der Waals surface area contributed by atoms with Crippen molar-refractivity contribution >= 4 is 23.2 Å². The molecule has 21 heavy (non-hydrogen) atoms. The fourth-order valence-electron chi connectivity index (χ4n) is 3.34.